The first-order chi connectivity index (χ1) is 14.9. The summed E-state index contributed by atoms with van der Waals surface area (Å²) in [6, 6.07) is 9.54. The Hall–Kier alpha value is -2.41. The van der Waals surface area contributed by atoms with Crippen molar-refractivity contribution in [1.82, 2.24) is 10.2 Å². The van der Waals surface area contributed by atoms with Crippen LogP contribution in [0, 0.1) is 11.8 Å². The Morgan fingerprint density at radius 2 is 2.06 bits per heavy atom. The van der Waals surface area contributed by atoms with Gasteiger partial charge in [0.1, 0.15) is 12.6 Å². The lowest BCUT2D eigenvalue weighted by Crippen LogP contribution is -2.53. The first-order valence-corrected chi connectivity index (χ1v) is 11.4. The molecule has 0 bridgehead atoms. The van der Waals surface area contributed by atoms with Gasteiger partial charge in [-0.3, -0.25) is 19.5 Å². The van der Waals surface area contributed by atoms with Crippen molar-refractivity contribution in [3.05, 3.63) is 35.9 Å². The summed E-state index contributed by atoms with van der Waals surface area (Å²) in [6.07, 6.45) is 3.11. The van der Waals surface area contributed by atoms with E-state index in [2.05, 4.69) is 34.3 Å². The molecule has 5 atom stereocenters. The van der Waals surface area contributed by atoms with E-state index in [1.807, 2.05) is 25.1 Å². The van der Waals surface area contributed by atoms with Crippen molar-refractivity contribution >= 4 is 17.8 Å². The molecular formula is C24H35N3O4. The Labute approximate surface area is 184 Å². The Bertz CT molecular complexity index is 782. The molecule has 1 fully saturated rings. The van der Waals surface area contributed by atoms with E-state index in [1.54, 1.807) is 0 Å². The number of aliphatic imine (C=N–C) groups is 1. The fourth-order valence-electron chi connectivity index (χ4n) is 5.15. The van der Waals surface area contributed by atoms with Crippen LogP contribution in [0.5, 0.6) is 0 Å². The molecule has 1 amide bonds. The maximum Gasteiger partial charge on any atom is 0.320 e. The second-order valence-electron chi connectivity index (χ2n) is 8.75. The molecule has 7 heteroatoms. The topological polar surface area (TPSA) is 91.2 Å². The number of rotatable bonds is 10. The van der Waals surface area contributed by atoms with Gasteiger partial charge in [-0.1, -0.05) is 43.7 Å². The van der Waals surface area contributed by atoms with Gasteiger partial charge in [-0.25, -0.2) is 0 Å². The monoisotopic (exact) mass is 429 g/mol. The van der Waals surface area contributed by atoms with Crippen molar-refractivity contribution < 1.29 is 19.4 Å². The average Bonchev–Trinajstić information content (AvgIpc) is 3.40. The summed E-state index contributed by atoms with van der Waals surface area (Å²) < 4.78 is 5.69. The Kier molecular flexibility index (Phi) is 8.07. The van der Waals surface area contributed by atoms with E-state index in [1.165, 1.54) is 12.5 Å². The molecule has 31 heavy (non-hydrogen) atoms. The number of carboxylic acids is 1. The molecule has 0 aromatic heterocycles. The molecule has 7 nitrogen and oxygen atoms in total. The first kappa shape index (κ1) is 23.3. The van der Waals surface area contributed by atoms with Gasteiger partial charge in [0.15, 0.2) is 5.90 Å². The molecule has 1 saturated heterocycles. The van der Waals surface area contributed by atoms with Crippen molar-refractivity contribution in [3.63, 3.8) is 0 Å². The lowest BCUT2D eigenvalue weighted by Gasteiger charge is -2.40. The van der Waals surface area contributed by atoms with E-state index in [-0.39, 0.29) is 29.8 Å². The molecule has 2 aliphatic heterocycles. The van der Waals surface area contributed by atoms with E-state index < -0.39 is 12.0 Å². The second-order valence-corrected chi connectivity index (χ2v) is 8.75. The van der Waals surface area contributed by atoms with E-state index in [0.29, 0.717) is 32.0 Å². The number of ether oxygens (including phenoxy) is 1. The quantitative estimate of drug-likeness (QED) is 0.597. The fraction of sp³-hybridized carbons (Fsp3) is 0.625. The fourth-order valence-corrected chi connectivity index (χ4v) is 5.15. The number of hydrogen-bond acceptors (Lipinski definition) is 5. The van der Waals surface area contributed by atoms with Gasteiger partial charge >= 0.3 is 5.97 Å². The van der Waals surface area contributed by atoms with Gasteiger partial charge < -0.3 is 15.2 Å². The number of benzene rings is 1. The van der Waals surface area contributed by atoms with Crippen LogP contribution in [0.3, 0.4) is 0 Å². The molecule has 2 heterocycles. The van der Waals surface area contributed by atoms with Gasteiger partial charge in [0.25, 0.3) is 0 Å². The minimum Gasteiger partial charge on any atom is -0.480 e. The normalized spacial score (nSPS) is 24.2. The molecule has 0 aliphatic carbocycles. The lowest BCUT2D eigenvalue weighted by atomic mass is 9.83. The summed E-state index contributed by atoms with van der Waals surface area (Å²) in [5.74, 6) is -0.0352. The highest BCUT2D eigenvalue weighted by Gasteiger charge is 2.46. The molecule has 2 N–H and O–H groups in total. The maximum atomic E-state index is 12.3. The summed E-state index contributed by atoms with van der Waals surface area (Å²) in [6.45, 7) is 7.54. The predicted molar refractivity (Wildman–Crippen MR) is 120 cm³/mol. The van der Waals surface area contributed by atoms with Crippen LogP contribution in [0.4, 0.5) is 0 Å². The molecule has 5 unspecified atom stereocenters. The van der Waals surface area contributed by atoms with E-state index in [4.69, 9.17) is 4.74 Å². The predicted octanol–water partition coefficient (Wildman–Crippen LogP) is 2.74. The number of carbonyl (C=O) groups excluding carboxylic acids is 1. The third-order valence-corrected chi connectivity index (χ3v) is 6.49. The van der Waals surface area contributed by atoms with Gasteiger partial charge in [0.2, 0.25) is 5.91 Å². The van der Waals surface area contributed by atoms with Gasteiger partial charge in [0.05, 0.1) is 6.54 Å². The van der Waals surface area contributed by atoms with Crippen LogP contribution in [0.2, 0.25) is 0 Å². The average molecular weight is 430 g/mol. The summed E-state index contributed by atoms with van der Waals surface area (Å²) in [5, 5.41) is 13.1. The van der Waals surface area contributed by atoms with Gasteiger partial charge in [-0.2, -0.15) is 0 Å². The third kappa shape index (κ3) is 5.85. The van der Waals surface area contributed by atoms with Crippen molar-refractivity contribution in [3.8, 4) is 0 Å². The summed E-state index contributed by atoms with van der Waals surface area (Å²) in [4.78, 5) is 30.7. The number of amides is 1. The van der Waals surface area contributed by atoms with Crippen LogP contribution in [0.15, 0.2) is 35.3 Å². The third-order valence-electron chi connectivity index (χ3n) is 6.49. The lowest BCUT2D eigenvalue weighted by molar-refractivity contribution is -0.143. The van der Waals surface area contributed by atoms with Crippen LogP contribution in [0.1, 0.15) is 45.6 Å². The van der Waals surface area contributed by atoms with Gasteiger partial charge in [-0.15, -0.1) is 0 Å². The zero-order chi connectivity index (χ0) is 22.4. The van der Waals surface area contributed by atoms with Gasteiger partial charge in [0, 0.05) is 31.5 Å². The minimum absolute atomic E-state index is 0.000206. The second kappa shape index (κ2) is 10.8. The highest BCUT2D eigenvalue weighted by Crippen LogP contribution is 2.34. The van der Waals surface area contributed by atoms with E-state index in [9.17, 15) is 14.7 Å². The standard InChI is InChI=1S/C24H35N3O4/c1-4-8-20(16(2)26-17(3)28)21(13-18-9-6-5-7-10-18)27-15-19(14-22(27)24(29)30)23-25-11-12-31-23/h5-7,9-10,16,19-22H,4,8,11-15H2,1-3H3,(H,26,28)(H,29,30). The zero-order valence-corrected chi connectivity index (χ0v) is 18.8. The first-order valence-electron chi connectivity index (χ1n) is 11.4. The maximum absolute atomic E-state index is 12.3. The molecule has 1 aromatic rings. The summed E-state index contributed by atoms with van der Waals surface area (Å²) in [5.41, 5.74) is 1.17. The molecule has 2 aliphatic rings. The Morgan fingerprint density at radius 3 is 2.65 bits per heavy atom. The minimum atomic E-state index is -0.804. The number of nitrogens with one attached hydrogen (secondary N) is 1. The van der Waals surface area contributed by atoms with Crippen molar-refractivity contribution in [2.75, 3.05) is 19.7 Å². The number of carbonyl (C=O) groups is 2. The largest absolute Gasteiger partial charge is 0.480 e. The molecule has 1 aromatic carbocycles. The summed E-state index contributed by atoms with van der Waals surface area (Å²) in [7, 11) is 0. The van der Waals surface area contributed by atoms with Crippen LogP contribution < -0.4 is 5.32 Å². The SMILES string of the molecule is CCCC(C(C)NC(C)=O)C(Cc1ccccc1)N1CC(C2=NCCO2)CC1C(=O)O. The number of carboxylic acid groups (broad SMARTS) is 1. The summed E-state index contributed by atoms with van der Waals surface area (Å²) >= 11 is 0. The number of nitrogens with zero attached hydrogens (tertiary/aromatic N) is 2. The van der Waals surface area contributed by atoms with Crippen molar-refractivity contribution in [2.45, 2.75) is 64.6 Å². The van der Waals surface area contributed by atoms with E-state index in [0.717, 1.165) is 19.3 Å². The van der Waals surface area contributed by atoms with Crippen LogP contribution in [-0.2, 0) is 20.7 Å². The molecular weight excluding hydrogens is 394 g/mol. The number of aliphatic carboxylic acids is 1. The van der Waals surface area contributed by atoms with Crippen LogP contribution >= 0.6 is 0 Å². The molecule has 0 saturated carbocycles. The molecule has 170 valence electrons. The van der Waals surface area contributed by atoms with Crippen molar-refractivity contribution in [2.24, 2.45) is 16.8 Å². The van der Waals surface area contributed by atoms with Crippen molar-refractivity contribution in [1.29, 1.82) is 0 Å². The Balaban J connectivity index is 1.94. The van der Waals surface area contributed by atoms with Crippen LogP contribution in [-0.4, -0.2) is 65.6 Å². The zero-order valence-electron chi connectivity index (χ0n) is 18.8. The smallest absolute Gasteiger partial charge is 0.320 e. The molecule has 0 radical (unpaired) electrons. The highest BCUT2D eigenvalue weighted by molar-refractivity contribution is 5.83. The molecule has 3 rings (SSSR count). The van der Waals surface area contributed by atoms with Crippen LogP contribution in [0.25, 0.3) is 0 Å². The number of likely N-dealkylation sites (tertiary alicyclic amines) is 1. The Morgan fingerprint density at radius 1 is 1.32 bits per heavy atom. The molecule has 0 spiro atoms. The van der Waals surface area contributed by atoms with E-state index >= 15 is 0 Å². The highest BCUT2D eigenvalue weighted by atomic mass is 16.5. The number of hydrogen-bond donors (Lipinski definition) is 2. The van der Waals surface area contributed by atoms with Gasteiger partial charge in [-0.05, 0) is 37.7 Å².